The van der Waals surface area contributed by atoms with Gasteiger partial charge < -0.3 is 5.11 Å². The third-order valence-electron chi connectivity index (χ3n) is 5.59. The average molecular weight is 509 g/mol. The first-order valence-electron chi connectivity index (χ1n) is 12.1. The highest BCUT2D eigenvalue weighted by atomic mass is 35.5. The van der Waals surface area contributed by atoms with Gasteiger partial charge in [0.05, 0.1) is 17.7 Å². The van der Waals surface area contributed by atoms with Crippen molar-refractivity contribution in [3.05, 3.63) is 130 Å². The van der Waals surface area contributed by atoms with Crippen LogP contribution in [-0.4, -0.2) is 21.7 Å². The van der Waals surface area contributed by atoms with E-state index in [-0.39, 0.29) is 6.61 Å². The lowest BCUT2D eigenvalue weighted by Crippen LogP contribution is -1.98. The number of halogens is 1. The van der Waals surface area contributed by atoms with Crippen molar-refractivity contribution in [1.82, 2.24) is 9.97 Å². The molecule has 0 saturated heterocycles. The van der Waals surface area contributed by atoms with Gasteiger partial charge in [0.2, 0.25) is 0 Å². The zero-order valence-corrected chi connectivity index (χ0v) is 21.1. The zero-order valence-electron chi connectivity index (χ0n) is 20.4. The normalized spacial score (nSPS) is 9.95. The molecular formula is C34H21ClN2O. The van der Waals surface area contributed by atoms with Crippen LogP contribution in [0, 0.1) is 35.5 Å². The molecule has 3 nitrogen and oxygen atoms in total. The lowest BCUT2D eigenvalue weighted by molar-refractivity contribution is 0.305. The molecule has 180 valence electrons. The molecule has 0 bridgehead atoms. The highest BCUT2D eigenvalue weighted by Crippen LogP contribution is 2.25. The van der Waals surface area contributed by atoms with Gasteiger partial charge in [-0.1, -0.05) is 89.7 Å². The minimum atomic E-state index is 0.00259. The summed E-state index contributed by atoms with van der Waals surface area (Å²) in [6.07, 6.45) is 0.385. The Morgan fingerprint density at radius 1 is 0.658 bits per heavy atom. The van der Waals surface area contributed by atoms with Crippen molar-refractivity contribution in [2.24, 2.45) is 0 Å². The first kappa shape index (κ1) is 24.8. The molecule has 0 spiro atoms. The predicted octanol–water partition coefficient (Wildman–Crippen LogP) is 6.48. The van der Waals surface area contributed by atoms with Crippen LogP contribution in [0.25, 0.3) is 22.3 Å². The number of benzene rings is 4. The van der Waals surface area contributed by atoms with Crippen molar-refractivity contribution in [3.8, 4) is 46.9 Å². The molecule has 0 unspecified atom stereocenters. The van der Waals surface area contributed by atoms with Gasteiger partial charge in [0.1, 0.15) is 5.69 Å². The van der Waals surface area contributed by atoms with E-state index in [0.29, 0.717) is 28.5 Å². The average Bonchev–Trinajstić information content (AvgIpc) is 2.96. The van der Waals surface area contributed by atoms with Crippen LogP contribution in [0.4, 0.5) is 0 Å². The van der Waals surface area contributed by atoms with Crippen molar-refractivity contribution in [1.29, 1.82) is 0 Å². The molecule has 1 N–H and O–H groups in total. The molecule has 5 rings (SSSR count). The van der Waals surface area contributed by atoms with E-state index in [2.05, 4.69) is 35.5 Å². The lowest BCUT2D eigenvalue weighted by atomic mass is 10.0. The monoisotopic (exact) mass is 508 g/mol. The van der Waals surface area contributed by atoms with Gasteiger partial charge in [0.15, 0.2) is 5.82 Å². The van der Waals surface area contributed by atoms with Gasteiger partial charge in [-0.15, -0.1) is 0 Å². The Balaban J connectivity index is 1.76. The van der Waals surface area contributed by atoms with Gasteiger partial charge in [-0.05, 0) is 54.5 Å². The molecule has 0 atom stereocenters. The third kappa shape index (κ3) is 6.10. The number of aliphatic hydroxyl groups is 1. The maximum atomic E-state index is 9.19. The summed E-state index contributed by atoms with van der Waals surface area (Å²) in [4.78, 5) is 9.79. The number of hydrogen-bond donors (Lipinski definition) is 1. The Morgan fingerprint density at radius 3 is 2.08 bits per heavy atom. The molecule has 1 heterocycles. The van der Waals surface area contributed by atoms with Gasteiger partial charge >= 0.3 is 0 Å². The molecule has 38 heavy (non-hydrogen) atoms. The Kier molecular flexibility index (Phi) is 7.79. The zero-order chi connectivity index (χ0) is 26.2. The molecule has 5 aromatic rings. The molecule has 1 aromatic heterocycles. The van der Waals surface area contributed by atoms with Gasteiger partial charge in [-0.3, -0.25) is 0 Å². The van der Waals surface area contributed by atoms with Crippen LogP contribution in [0.2, 0.25) is 5.02 Å². The second-order valence-electron chi connectivity index (χ2n) is 8.33. The number of nitrogens with zero attached hydrogens (tertiary/aromatic N) is 2. The maximum Gasteiger partial charge on any atom is 0.161 e. The van der Waals surface area contributed by atoms with E-state index in [4.69, 9.17) is 21.6 Å². The summed E-state index contributed by atoms with van der Waals surface area (Å²) in [6, 6.07) is 30.9. The predicted molar refractivity (Wildman–Crippen MR) is 153 cm³/mol. The van der Waals surface area contributed by atoms with E-state index in [1.54, 1.807) is 0 Å². The largest absolute Gasteiger partial charge is 0.395 e. The number of fused-ring (bicyclic) bond motifs is 1. The summed E-state index contributed by atoms with van der Waals surface area (Å²) in [5, 5.41) is 10.6. The van der Waals surface area contributed by atoms with Crippen molar-refractivity contribution in [2.45, 2.75) is 6.42 Å². The number of aliphatic hydroxyl groups excluding tert-OH is 1. The maximum absolute atomic E-state index is 9.19. The summed E-state index contributed by atoms with van der Waals surface area (Å²) in [5.41, 5.74) is 5.39. The second-order valence-corrected chi connectivity index (χ2v) is 8.77. The molecule has 4 heteroatoms. The summed E-state index contributed by atoms with van der Waals surface area (Å²) in [7, 11) is 0. The highest BCUT2D eigenvalue weighted by molar-refractivity contribution is 6.30. The number of hydrogen-bond acceptors (Lipinski definition) is 3. The Bertz CT molecular complexity index is 1780. The fourth-order valence-corrected chi connectivity index (χ4v) is 3.88. The quantitative estimate of drug-likeness (QED) is 0.277. The Morgan fingerprint density at radius 2 is 1.34 bits per heavy atom. The Hall–Kier alpha value is -4.85. The van der Waals surface area contributed by atoms with Crippen LogP contribution in [-0.2, 0) is 0 Å². The lowest BCUT2D eigenvalue weighted by Gasteiger charge is -2.08. The SMILES string of the molecule is OCCC#Cc1cc(C#Cc2ccccc2)c2nc(-c3ccccc3)nc(C#Cc3ccc(Cl)cc3)c2c1. The first-order chi connectivity index (χ1) is 18.7. The molecule has 0 aliphatic rings. The van der Waals surface area contributed by atoms with E-state index in [1.165, 1.54) is 0 Å². The summed E-state index contributed by atoms with van der Waals surface area (Å²) >= 11 is 6.05. The topological polar surface area (TPSA) is 46.0 Å². The molecule has 0 aliphatic heterocycles. The minimum Gasteiger partial charge on any atom is -0.395 e. The Labute approximate surface area is 227 Å². The fourth-order valence-electron chi connectivity index (χ4n) is 3.76. The van der Waals surface area contributed by atoms with E-state index in [1.807, 2.05) is 97.1 Å². The molecule has 0 aliphatic carbocycles. The molecule has 0 amide bonds. The third-order valence-corrected chi connectivity index (χ3v) is 5.84. The van der Waals surface area contributed by atoms with Gasteiger partial charge in [0, 0.05) is 39.1 Å². The van der Waals surface area contributed by atoms with Crippen LogP contribution in [0.1, 0.15) is 34.4 Å². The summed E-state index contributed by atoms with van der Waals surface area (Å²) in [5.74, 6) is 19.7. The smallest absolute Gasteiger partial charge is 0.161 e. The van der Waals surface area contributed by atoms with Crippen molar-refractivity contribution in [3.63, 3.8) is 0 Å². The van der Waals surface area contributed by atoms with E-state index < -0.39 is 0 Å². The molecule has 0 fully saturated rings. The van der Waals surface area contributed by atoms with Crippen LogP contribution in [0.3, 0.4) is 0 Å². The first-order valence-corrected chi connectivity index (χ1v) is 12.4. The van der Waals surface area contributed by atoms with Crippen molar-refractivity contribution < 1.29 is 5.11 Å². The van der Waals surface area contributed by atoms with Crippen LogP contribution in [0.5, 0.6) is 0 Å². The van der Waals surface area contributed by atoms with Gasteiger partial charge in [-0.2, -0.15) is 0 Å². The minimum absolute atomic E-state index is 0.00259. The molecule has 0 radical (unpaired) electrons. The summed E-state index contributed by atoms with van der Waals surface area (Å²) in [6.45, 7) is 0.00259. The van der Waals surface area contributed by atoms with E-state index >= 15 is 0 Å². The number of rotatable bonds is 2. The van der Waals surface area contributed by atoms with E-state index in [9.17, 15) is 5.11 Å². The fraction of sp³-hybridized carbons (Fsp3) is 0.0588. The highest BCUT2D eigenvalue weighted by Gasteiger charge is 2.12. The van der Waals surface area contributed by atoms with Crippen LogP contribution in [0.15, 0.2) is 97.1 Å². The van der Waals surface area contributed by atoms with Gasteiger partial charge in [0.25, 0.3) is 0 Å². The molecule has 4 aromatic carbocycles. The van der Waals surface area contributed by atoms with Gasteiger partial charge in [-0.25, -0.2) is 9.97 Å². The van der Waals surface area contributed by atoms with Crippen LogP contribution < -0.4 is 0 Å². The second kappa shape index (κ2) is 11.9. The van der Waals surface area contributed by atoms with Crippen molar-refractivity contribution in [2.75, 3.05) is 6.61 Å². The molecular weight excluding hydrogens is 488 g/mol. The summed E-state index contributed by atoms with van der Waals surface area (Å²) < 4.78 is 0. The van der Waals surface area contributed by atoms with Crippen LogP contribution >= 0.6 is 11.6 Å². The standard InChI is InChI=1S/C34H21ClN2O/c35-30-19-15-26(16-20-30)17-21-32-31-24-27(11-7-8-22-38)23-29(18-14-25-9-3-1-4-10-25)33(31)37-34(36-32)28-12-5-2-6-13-28/h1-6,9-10,12-13,15-16,19-20,23-24,38H,8,22H2. The van der Waals surface area contributed by atoms with E-state index in [0.717, 1.165) is 33.2 Å². The number of aromatic nitrogens is 2. The molecule has 0 saturated carbocycles. The van der Waals surface area contributed by atoms with Crippen molar-refractivity contribution >= 4 is 22.5 Å².